The van der Waals surface area contributed by atoms with Gasteiger partial charge in [-0.05, 0) is 43.9 Å². The number of pyridine rings is 1. The zero-order chi connectivity index (χ0) is 16.2. The zero-order valence-electron chi connectivity index (χ0n) is 13.9. The minimum absolute atomic E-state index is 0.179. The lowest BCUT2D eigenvalue weighted by Gasteiger charge is -2.31. The molecule has 1 fully saturated rings. The van der Waals surface area contributed by atoms with Crippen molar-refractivity contribution in [2.45, 2.75) is 45.4 Å². The van der Waals surface area contributed by atoms with E-state index in [0.717, 1.165) is 49.4 Å². The van der Waals surface area contributed by atoms with Gasteiger partial charge >= 0.3 is 0 Å². The molecular formula is C18H24N4O. The number of nitrogens with zero attached hydrogens (tertiary/aromatic N) is 3. The van der Waals surface area contributed by atoms with Crippen molar-refractivity contribution in [1.82, 2.24) is 20.1 Å². The molecule has 0 atom stereocenters. The highest BCUT2D eigenvalue weighted by Crippen LogP contribution is 2.27. The van der Waals surface area contributed by atoms with Crippen molar-refractivity contribution in [3.63, 3.8) is 0 Å². The predicted molar refractivity (Wildman–Crippen MR) is 89.2 cm³/mol. The summed E-state index contributed by atoms with van der Waals surface area (Å²) in [6.07, 6.45) is 5.21. The number of likely N-dealkylation sites (tertiary alicyclic amines) is 1. The SMILES string of the molecule is CCc1ccc(CC(=O)N2CCC(c3cc(C)[nH]n3)CC2)nc1. The summed E-state index contributed by atoms with van der Waals surface area (Å²) in [5.41, 5.74) is 4.29. The molecule has 1 amide bonds. The minimum atomic E-state index is 0.179. The normalized spacial score (nSPS) is 15.8. The average molecular weight is 312 g/mol. The number of hydrogen-bond donors (Lipinski definition) is 1. The van der Waals surface area contributed by atoms with E-state index in [1.54, 1.807) is 0 Å². The maximum Gasteiger partial charge on any atom is 0.228 e. The number of piperidine rings is 1. The molecule has 2 aromatic heterocycles. The quantitative estimate of drug-likeness (QED) is 0.944. The van der Waals surface area contributed by atoms with Gasteiger partial charge in [-0.1, -0.05) is 13.0 Å². The van der Waals surface area contributed by atoms with Gasteiger partial charge in [-0.3, -0.25) is 14.9 Å². The van der Waals surface area contributed by atoms with Crippen molar-refractivity contribution >= 4 is 5.91 Å². The fourth-order valence-electron chi connectivity index (χ4n) is 3.11. The molecule has 0 radical (unpaired) electrons. The highest BCUT2D eigenvalue weighted by molar-refractivity contribution is 5.78. The molecule has 0 aliphatic carbocycles. The van der Waals surface area contributed by atoms with Crippen molar-refractivity contribution in [3.8, 4) is 0 Å². The van der Waals surface area contributed by atoms with E-state index in [9.17, 15) is 4.79 Å². The van der Waals surface area contributed by atoms with Gasteiger partial charge in [-0.2, -0.15) is 5.10 Å². The van der Waals surface area contributed by atoms with Gasteiger partial charge in [0.25, 0.3) is 0 Å². The first-order valence-electron chi connectivity index (χ1n) is 8.39. The third-order valence-electron chi connectivity index (χ3n) is 4.62. The molecule has 1 aliphatic rings. The van der Waals surface area contributed by atoms with E-state index in [-0.39, 0.29) is 5.91 Å². The summed E-state index contributed by atoms with van der Waals surface area (Å²) >= 11 is 0. The number of nitrogens with one attached hydrogen (secondary N) is 1. The lowest BCUT2D eigenvalue weighted by atomic mass is 9.93. The van der Waals surface area contributed by atoms with Crippen LogP contribution < -0.4 is 0 Å². The minimum Gasteiger partial charge on any atom is -0.342 e. The number of aryl methyl sites for hydroxylation is 2. The first-order chi connectivity index (χ1) is 11.2. The second kappa shape index (κ2) is 6.94. The van der Waals surface area contributed by atoms with Gasteiger partial charge < -0.3 is 4.90 Å². The molecule has 1 N–H and O–H groups in total. The first kappa shape index (κ1) is 15.7. The van der Waals surface area contributed by atoms with Gasteiger partial charge in [0, 0.05) is 36.6 Å². The molecule has 122 valence electrons. The summed E-state index contributed by atoms with van der Waals surface area (Å²) in [6.45, 7) is 5.74. The summed E-state index contributed by atoms with van der Waals surface area (Å²) < 4.78 is 0. The number of rotatable bonds is 4. The zero-order valence-corrected chi connectivity index (χ0v) is 13.9. The van der Waals surface area contributed by atoms with Crippen LogP contribution in [-0.4, -0.2) is 39.1 Å². The molecule has 0 saturated carbocycles. The summed E-state index contributed by atoms with van der Waals surface area (Å²) in [5.74, 6) is 0.643. The number of hydrogen-bond acceptors (Lipinski definition) is 3. The second-order valence-electron chi connectivity index (χ2n) is 6.32. The van der Waals surface area contributed by atoms with E-state index >= 15 is 0 Å². The average Bonchev–Trinajstić information content (AvgIpc) is 3.02. The summed E-state index contributed by atoms with van der Waals surface area (Å²) in [6, 6.07) is 6.14. The fraction of sp³-hybridized carbons (Fsp3) is 0.500. The molecule has 0 spiro atoms. The molecule has 5 nitrogen and oxygen atoms in total. The number of aromatic amines is 1. The van der Waals surface area contributed by atoms with Crippen LogP contribution in [0.15, 0.2) is 24.4 Å². The van der Waals surface area contributed by atoms with E-state index in [2.05, 4.69) is 34.2 Å². The Bertz CT molecular complexity index is 654. The highest BCUT2D eigenvalue weighted by atomic mass is 16.2. The van der Waals surface area contributed by atoms with E-state index < -0.39 is 0 Å². The molecule has 0 bridgehead atoms. The Labute approximate surface area is 137 Å². The van der Waals surface area contributed by atoms with Crippen LogP contribution in [0.2, 0.25) is 0 Å². The van der Waals surface area contributed by atoms with Crippen LogP contribution in [0.3, 0.4) is 0 Å². The lowest BCUT2D eigenvalue weighted by Crippen LogP contribution is -2.39. The van der Waals surface area contributed by atoms with Crippen LogP contribution in [0.25, 0.3) is 0 Å². The van der Waals surface area contributed by atoms with E-state index in [1.807, 2.05) is 24.1 Å². The van der Waals surface area contributed by atoms with Gasteiger partial charge in [-0.15, -0.1) is 0 Å². The molecule has 0 unspecified atom stereocenters. The molecular weight excluding hydrogens is 288 g/mol. The Kier molecular flexibility index (Phi) is 4.74. The van der Waals surface area contributed by atoms with Gasteiger partial charge in [0.15, 0.2) is 0 Å². The van der Waals surface area contributed by atoms with Crippen molar-refractivity contribution in [2.24, 2.45) is 0 Å². The Morgan fingerprint density at radius 1 is 1.35 bits per heavy atom. The van der Waals surface area contributed by atoms with Crippen LogP contribution in [-0.2, 0) is 17.6 Å². The maximum absolute atomic E-state index is 12.4. The van der Waals surface area contributed by atoms with E-state index in [4.69, 9.17) is 0 Å². The van der Waals surface area contributed by atoms with Crippen LogP contribution in [0.4, 0.5) is 0 Å². The Balaban J connectivity index is 1.53. The fourth-order valence-corrected chi connectivity index (χ4v) is 3.11. The maximum atomic E-state index is 12.4. The molecule has 1 saturated heterocycles. The Hall–Kier alpha value is -2.17. The van der Waals surface area contributed by atoms with Crippen LogP contribution in [0.1, 0.15) is 48.3 Å². The van der Waals surface area contributed by atoms with Crippen LogP contribution in [0.5, 0.6) is 0 Å². The number of carbonyl (C=O) groups excluding carboxylic acids is 1. The molecule has 1 aliphatic heterocycles. The van der Waals surface area contributed by atoms with Gasteiger partial charge in [-0.25, -0.2) is 0 Å². The molecule has 2 aromatic rings. The van der Waals surface area contributed by atoms with Crippen molar-refractivity contribution < 1.29 is 4.79 Å². The van der Waals surface area contributed by atoms with Crippen molar-refractivity contribution in [1.29, 1.82) is 0 Å². The molecule has 0 aromatic carbocycles. The van der Waals surface area contributed by atoms with Crippen LogP contribution >= 0.6 is 0 Å². The summed E-state index contributed by atoms with van der Waals surface area (Å²) in [7, 11) is 0. The Morgan fingerprint density at radius 3 is 2.70 bits per heavy atom. The summed E-state index contributed by atoms with van der Waals surface area (Å²) in [5, 5.41) is 7.36. The first-order valence-corrected chi connectivity index (χ1v) is 8.39. The Morgan fingerprint density at radius 2 is 2.13 bits per heavy atom. The smallest absolute Gasteiger partial charge is 0.228 e. The molecule has 3 rings (SSSR count). The highest BCUT2D eigenvalue weighted by Gasteiger charge is 2.25. The van der Waals surface area contributed by atoms with Crippen LogP contribution in [0, 0.1) is 6.92 Å². The van der Waals surface area contributed by atoms with Crippen molar-refractivity contribution in [3.05, 3.63) is 47.0 Å². The third kappa shape index (κ3) is 3.78. The largest absolute Gasteiger partial charge is 0.342 e. The standard InChI is InChI=1S/C18H24N4O/c1-3-14-4-5-16(19-12-14)11-18(23)22-8-6-15(7-9-22)17-10-13(2)20-21-17/h4-5,10,12,15H,3,6-9,11H2,1-2H3,(H,20,21). The number of carbonyl (C=O) groups is 1. The number of H-pyrrole nitrogens is 1. The number of amides is 1. The monoisotopic (exact) mass is 312 g/mol. The van der Waals surface area contributed by atoms with E-state index in [1.165, 1.54) is 5.56 Å². The lowest BCUT2D eigenvalue weighted by molar-refractivity contribution is -0.131. The topological polar surface area (TPSA) is 61.9 Å². The van der Waals surface area contributed by atoms with Crippen molar-refractivity contribution in [2.75, 3.05) is 13.1 Å². The molecule has 23 heavy (non-hydrogen) atoms. The van der Waals surface area contributed by atoms with Gasteiger partial charge in [0.05, 0.1) is 12.1 Å². The summed E-state index contributed by atoms with van der Waals surface area (Å²) in [4.78, 5) is 18.8. The van der Waals surface area contributed by atoms with E-state index in [0.29, 0.717) is 12.3 Å². The molecule has 3 heterocycles. The third-order valence-corrected chi connectivity index (χ3v) is 4.62. The van der Waals surface area contributed by atoms with Gasteiger partial charge in [0.2, 0.25) is 5.91 Å². The van der Waals surface area contributed by atoms with Gasteiger partial charge in [0.1, 0.15) is 0 Å². The number of aromatic nitrogens is 3. The molecule has 5 heteroatoms. The predicted octanol–water partition coefficient (Wildman–Crippen LogP) is 2.62. The second-order valence-corrected chi connectivity index (χ2v) is 6.32.